The highest BCUT2D eigenvalue weighted by atomic mass is 79.9. The van der Waals surface area contributed by atoms with Crippen LogP contribution in [0, 0.1) is 17.8 Å². The van der Waals surface area contributed by atoms with Gasteiger partial charge in [-0.15, -0.1) is 11.3 Å². The quantitative estimate of drug-likeness (QED) is 0.822. The van der Waals surface area contributed by atoms with Crippen molar-refractivity contribution in [3.05, 3.63) is 20.8 Å². The standard InChI is InChI=1S/C13H15BrOS/c14-10-5-6-16-12(10)7-11(15)13-8-3-1-2-4-9(8)13/h5-6,8-9,13H,1-4,7H2. The molecule has 0 N–H and O–H groups in total. The number of Topliss-reactive ketones (excluding diaryl/α,β-unsaturated/α-hetero) is 1. The normalized spacial score (nSPS) is 32.2. The number of carbonyl (C=O) groups excluding carboxylic acids is 1. The predicted molar refractivity (Wildman–Crippen MR) is 69.7 cm³/mol. The summed E-state index contributed by atoms with van der Waals surface area (Å²) in [5.74, 6) is 2.40. The van der Waals surface area contributed by atoms with Gasteiger partial charge in [0.2, 0.25) is 0 Å². The van der Waals surface area contributed by atoms with Crippen molar-refractivity contribution in [2.45, 2.75) is 32.1 Å². The molecule has 0 radical (unpaired) electrons. The molecule has 2 aliphatic rings. The van der Waals surface area contributed by atoms with Crippen LogP contribution in [0.15, 0.2) is 15.9 Å². The van der Waals surface area contributed by atoms with Gasteiger partial charge < -0.3 is 0 Å². The second kappa shape index (κ2) is 4.26. The lowest BCUT2D eigenvalue weighted by Crippen LogP contribution is -2.06. The summed E-state index contributed by atoms with van der Waals surface area (Å²) in [5, 5.41) is 2.05. The number of rotatable bonds is 3. The largest absolute Gasteiger partial charge is 0.299 e. The number of ketones is 1. The Kier molecular flexibility index (Phi) is 2.92. The maximum Gasteiger partial charge on any atom is 0.141 e. The Bertz CT molecular complexity index is 400. The lowest BCUT2D eigenvalue weighted by atomic mass is 10.0. The van der Waals surface area contributed by atoms with Crippen molar-refractivity contribution in [2.75, 3.05) is 0 Å². The van der Waals surface area contributed by atoms with E-state index >= 15 is 0 Å². The molecule has 2 atom stereocenters. The van der Waals surface area contributed by atoms with E-state index in [9.17, 15) is 4.79 Å². The highest BCUT2D eigenvalue weighted by Gasteiger charge is 2.54. The maximum atomic E-state index is 12.2. The van der Waals surface area contributed by atoms with Gasteiger partial charge in [-0.2, -0.15) is 0 Å². The van der Waals surface area contributed by atoms with Crippen LogP contribution in [0.3, 0.4) is 0 Å². The molecule has 2 saturated carbocycles. The first-order valence-corrected chi connectivity index (χ1v) is 7.69. The van der Waals surface area contributed by atoms with Gasteiger partial charge in [0.05, 0.1) is 0 Å². The molecular weight excluding hydrogens is 284 g/mol. The summed E-state index contributed by atoms with van der Waals surface area (Å²) < 4.78 is 1.11. The minimum atomic E-state index is 0.413. The summed E-state index contributed by atoms with van der Waals surface area (Å²) in [6, 6.07) is 2.03. The smallest absolute Gasteiger partial charge is 0.141 e. The minimum Gasteiger partial charge on any atom is -0.299 e. The summed E-state index contributed by atoms with van der Waals surface area (Å²) in [4.78, 5) is 13.4. The van der Waals surface area contributed by atoms with Crippen molar-refractivity contribution in [2.24, 2.45) is 17.8 Å². The molecular formula is C13H15BrOS. The number of fused-ring (bicyclic) bond motifs is 1. The van der Waals surface area contributed by atoms with Crippen LogP contribution >= 0.6 is 27.3 Å². The molecule has 1 nitrogen and oxygen atoms in total. The first-order valence-electron chi connectivity index (χ1n) is 6.02. The Morgan fingerprint density at radius 3 is 2.62 bits per heavy atom. The van der Waals surface area contributed by atoms with E-state index in [4.69, 9.17) is 0 Å². The minimum absolute atomic E-state index is 0.413. The molecule has 3 heteroatoms. The summed E-state index contributed by atoms with van der Waals surface area (Å²) in [7, 11) is 0. The van der Waals surface area contributed by atoms with Crippen molar-refractivity contribution >= 4 is 33.0 Å². The molecule has 16 heavy (non-hydrogen) atoms. The number of carbonyl (C=O) groups is 1. The average molecular weight is 299 g/mol. The molecule has 2 unspecified atom stereocenters. The molecule has 2 fully saturated rings. The third kappa shape index (κ3) is 1.88. The Hall–Kier alpha value is -0.150. The molecule has 1 aromatic rings. The average Bonchev–Trinajstić information content (AvgIpc) is 2.90. The van der Waals surface area contributed by atoms with E-state index in [1.54, 1.807) is 11.3 Å². The molecule has 0 spiro atoms. The van der Waals surface area contributed by atoms with Crippen LogP contribution < -0.4 is 0 Å². The Labute approximate surface area is 108 Å². The summed E-state index contributed by atoms with van der Waals surface area (Å²) in [5.41, 5.74) is 0. The molecule has 0 amide bonds. The highest BCUT2D eigenvalue weighted by molar-refractivity contribution is 9.10. The number of hydrogen-bond donors (Lipinski definition) is 0. The lowest BCUT2D eigenvalue weighted by molar-refractivity contribution is -0.120. The van der Waals surface area contributed by atoms with E-state index < -0.39 is 0 Å². The molecule has 3 rings (SSSR count). The Balaban J connectivity index is 1.65. The van der Waals surface area contributed by atoms with Gasteiger partial charge in [-0.25, -0.2) is 0 Å². The topological polar surface area (TPSA) is 17.1 Å². The van der Waals surface area contributed by atoms with Crippen molar-refractivity contribution in [1.29, 1.82) is 0 Å². The first-order chi connectivity index (χ1) is 7.77. The van der Waals surface area contributed by atoms with Crippen LogP contribution in [0.4, 0.5) is 0 Å². The van der Waals surface area contributed by atoms with E-state index in [2.05, 4.69) is 15.9 Å². The van der Waals surface area contributed by atoms with E-state index in [1.165, 1.54) is 30.6 Å². The van der Waals surface area contributed by atoms with Crippen molar-refractivity contribution < 1.29 is 4.79 Å². The van der Waals surface area contributed by atoms with E-state index in [1.807, 2.05) is 11.4 Å². The van der Waals surface area contributed by atoms with Crippen molar-refractivity contribution in [3.8, 4) is 0 Å². The fourth-order valence-corrected chi connectivity index (χ4v) is 4.70. The van der Waals surface area contributed by atoms with Gasteiger partial charge in [0.15, 0.2) is 0 Å². The zero-order valence-corrected chi connectivity index (χ0v) is 11.5. The van der Waals surface area contributed by atoms with Gasteiger partial charge in [0, 0.05) is 21.7 Å². The fourth-order valence-electron chi connectivity index (χ4n) is 3.20. The third-order valence-electron chi connectivity index (χ3n) is 4.05. The Morgan fingerprint density at radius 1 is 1.38 bits per heavy atom. The van der Waals surface area contributed by atoms with Crippen molar-refractivity contribution in [1.82, 2.24) is 0 Å². The van der Waals surface area contributed by atoms with E-state index in [0.29, 0.717) is 18.1 Å². The van der Waals surface area contributed by atoms with Crippen LogP contribution in [0.5, 0.6) is 0 Å². The van der Waals surface area contributed by atoms with Crippen LogP contribution in [-0.2, 0) is 11.2 Å². The molecule has 86 valence electrons. The van der Waals surface area contributed by atoms with Gasteiger partial charge >= 0.3 is 0 Å². The monoisotopic (exact) mass is 298 g/mol. The summed E-state index contributed by atoms with van der Waals surface area (Å²) >= 11 is 5.19. The lowest BCUT2D eigenvalue weighted by Gasteiger charge is -2.04. The SMILES string of the molecule is O=C(Cc1sccc1Br)C1C2CCCCC21. The zero-order valence-electron chi connectivity index (χ0n) is 9.12. The first kappa shape index (κ1) is 11.0. The van der Waals surface area contributed by atoms with E-state index in [0.717, 1.165) is 16.3 Å². The van der Waals surface area contributed by atoms with Crippen LogP contribution in [0.25, 0.3) is 0 Å². The second-order valence-corrected chi connectivity index (χ2v) is 6.83. The van der Waals surface area contributed by atoms with Crippen molar-refractivity contribution in [3.63, 3.8) is 0 Å². The van der Waals surface area contributed by atoms with Gasteiger partial charge in [0.1, 0.15) is 5.78 Å². The third-order valence-corrected chi connectivity index (χ3v) is 5.98. The number of thiophene rings is 1. The maximum absolute atomic E-state index is 12.2. The predicted octanol–water partition coefficient (Wildman–Crippen LogP) is 4.06. The zero-order chi connectivity index (χ0) is 11.1. The second-order valence-electron chi connectivity index (χ2n) is 4.97. The number of hydrogen-bond acceptors (Lipinski definition) is 2. The molecule has 0 saturated heterocycles. The molecule has 2 aliphatic carbocycles. The molecule has 0 aliphatic heterocycles. The van der Waals surface area contributed by atoms with Gasteiger partial charge in [0.25, 0.3) is 0 Å². The van der Waals surface area contributed by atoms with Crippen LogP contribution in [0.2, 0.25) is 0 Å². The number of halogens is 1. The van der Waals surface area contributed by atoms with Gasteiger partial charge in [-0.3, -0.25) is 4.79 Å². The summed E-state index contributed by atoms with van der Waals surface area (Å²) in [6.45, 7) is 0. The Morgan fingerprint density at radius 2 is 2.06 bits per heavy atom. The molecule has 1 aromatic heterocycles. The van der Waals surface area contributed by atoms with Crippen LogP contribution in [-0.4, -0.2) is 5.78 Å². The molecule has 1 heterocycles. The highest BCUT2D eigenvalue weighted by Crippen LogP contribution is 2.56. The molecule has 0 bridgehead atoms. The molecule has 0 aromatic carbocycles. The van der Waals surface area contributed by atoms with Gasteiger partial charge in [-0.05, 0) is 52.1 Å². The van der Waals surface area contributed by atoms with Gasteiger partial charge in [-0.1, -0.05) is 12.8 Å². The van der Waals surface area contributed by atoms with Crippen LogP contribution in [0.1, 0.15) is 30.6 Å². The summed E-state index contributed by atoms with van der Waals surface area (Å²) in [6.07, 6.45) is 5.93. The van der Waals surface area contributed by atoms with E-state index in [-0.39, 0.29) is 0 Å². The fraction of sp³-hybridized carbons (Fsp3) is 0.615.